The molecule has 0 N–H and O–H groups in total. The van der Waals surface area contributed by atoms with Gasteiger partial charge in [-0.25, -0.2) is 4.39 Å². The number of hydrogen-bond donors (Lipinski definition) is 0. The highest BCUT2D eigenvalue weighted by Crippen LogP contribution is 2.20. The van der Waals surface area contributed by atoms with Crippen molar-refractivity contribution in [2.45, 2.75) is 13.8 Å². The van der Waals surface area contributed by atoms with Crippen LogP contribution in [0.25, 0.3) is 0 Å². The Morgan fingerprint density at radius 3 is 2.40 bits per heavy atom. The van der Waals surface area contributed by atoms with E-state index in [1.54, 1.807) is 0 Å². The van der Waals surface area contributed by atoms with Gasteiger partial charge in [-0.3, -0.25) is 0 Å². The van der Waals surface area contributed by atoms with Crippen LogP contribution in [-0.2, 0) is 0 Å². The van der Waals surface area contributed by atoms with Crippen molar-refractivity contribution in [2.75, 3.05) is 0 Å². The lowest BCUT2D eigenvalue weighted by atomic mass is 10.1. The van der Waals surface area contributed by atoms with Gasteiger partial charge in [0.05, 0.1) is 0 Å². The molecule has 0 heterocycles. The minimum Gasteiger partial charge on any atom is -0.207 e. The molecule has 0 unspecified atom stereocenters. The van der Waals surface area contributed by atoms with Crippen molar-refractivity contribution in [3.05, 3.63) is 33.5 Å². The minimum atomic E-state index is -0.185. The predicted octanol–water partition coefficient (Wildman–Crippen LogP) is 3.21. The van der Waals surface area contributed by atoms with E-state index in [1.165, 1.54) is 12.1 Å². The van der Waals surface area contributed by atoms with Crippen LogP contribution < -0.4 is 0 Å². The Bertz CT molecular complexity index is 232. The molecule has 0 aliphatic carbocycles. The third kappa shape index (κ3) is 1.37. The Morgan fingerprint density at radius 2 is 1.90 bits per heavy atom. The molecular formula is C8H8BrF. The van der Waals surface area contributed by atoms with Crippen LogP contribution in [0.4, 0.5) is 4.39 Å². The molecule has 0 amide bonds. The van der Waals surface area contributed by atoms with Crippen LogP contribution in [0.2, 0.25) is 0 Å². The molecule has 0 spiro atoms. The number of hydrogen-bond acceptors (Lipinski definition) is 0. The zero-order valence-corrected chi connectivity index (χ0v) is 7.50. The second kappa shape index (κ2) is 2.70. The van der Waals surface area contributed by atoms with Crippen molar-refractivity contribution in [3.63, 3.8) is 0 Å². The number of halogens is 2. The molecule has 0 aliphatic heterocycles. The van der Waals surface area contributed by atoms with Crippen molar-refractivity contribution in [1.82, 2.24) is 0 Å². The normalized spacial score (nSPS) is 10.0. The lowest BCUT2D eigenvalue weighted by Gasteiger charge is -2.01. The van der Waals surface area contributed by atoms with E-state index in [0.29, 0.717) is 0 Å². The lowest BCUT2D eigenvalue weighted by molar-refractivity contribution is 0.625. The molecule has 0 aliphatic rings. The molecule has 0 bridgehead atoms. The van der Waals surface area contributed by atoms with Crippen molar-refractivity contribution in [1.29, 1.82) is 0 Å². The van der Waals surface area contributed by atoms with E-state index < -0.39 is 0 Å². The first kappa shape index (κ1) is 7.73. The Kier molecular flexibility index (Phi) is 2.09. The maximum Gasteiger partial charge on any atom is 0.124 e. The summed E-state index contributed by atoms with van der Waals surface area (Å²) in [5.74, 6) is -0.185. The quantitative estimate of drug-likeness (QED) is 0.607. The molecule has 0 aromatic heterocycles. The van der Waals surface area contributed by atoms with Crippen molar-refractivity contribution < 1.29 is 4.39 Å². The van der Waals surface area contributed by atoms with Crippen LogP contribution in [-0.4, -0.2) is 0 Å². The molecule has 2 heteroatoms. The molecule has 0 atom stereocenters. The van der Waals surface area contributed by atoms with Crippen LogP contribution in [0.5, 0.6) is 0 Å². The fraction of sp³-hybridized carbons (Fsp3) is 0.250. The van der Waals surface area contributed by atoms with Crippen molar-refractivity contribution in [2.24, 2.45) is 0 Å². The number of aryl methyl sites for hydroxylation is 1. The van der Waals surface area contributed by atoms with Gasteiger partial charge in [0.25, 0.3) is 0 Å². The summed E-state index contributed by atoms with van der Waals surface area (Å²) in [5, 5.41) is 0. The molecule has 0 saturated carbocycles. The highest BCUT2D eigenvalue weighted by Gasteiger charge is 1.99. The van der Waals surface area contributed by atoms with E-state index in [2.05, 4.69) is 15.9 Å². The first-order chi connectivity index (χ1) is 4.61. The molecule has 10 heavy (non-hydrogen) atoms. The summed E-state index contributed by atoms with van der Waals surface area (Å²) in [6.45, 7) is 3.85. The van der Waals surface area contributed by atoms with Gasteiger partial charge in [-0.1, -0.05) is 15.9 Å². The summed E-state index contributed by atoms with van der Waals surface area (Å²) in [6, 6.07) is 3.00. The minimum absolute atomic E-state index is 0.185. The largest absolute Gasteiger partial charge is 0.207 e. The Hall–Kier alpha value is -0.370. The fourth-order valence-corrected chi connectivity index (χ4v) is 1.31. The van der Waals surface area contributed by atoms with Gasteiger partial charge in [-0.05, 0) is 37.1 Å². The first-order valence-electron chi connectivity index (χ1n) is 3.03. The van der Waals surface area contributed by atoms with Gasteiger partial charge < -0.3 is 0 Å². The third-order valence-electron chi connectivity index (χ3n) is 1.57. The molecular weight excluding hydrogens is 195 g/mol. The van der Waals surface area contributed by atoms with E-state index in [9.17, 15) is 4.39 Å². The van der Waals surface area contributed by atoms with Gasteiger partial charge in [0, 0.05) is 4.47 Å². The second-order valence-electron chi connectivity index (χ2n) is 2.33. The smallest absolute Gasteiger partial charge is 0.124 e. The molecule has 54 valence electrons. The Labute approximate surface area is 68.2 Å². The fourth-order valence-electron chi connectivity index (χ4n) is 0.774. The topological polar surface area (TPSA) is 0 Å². The highest BCUT2D eigenvalue weighted by atomic mass is 79.9. The van der Waals surface area contributed by atoms with E-state index in [1.807, 2.05) is 13.8 Å². The SMILES string of the molecule is Cc1cc(F)cc(Br)c1C. The van der Waals surface area contributed by atoms with Crippen LogP contribution >= 0.6 is 15.9 Å². The molecule has 0 nitrogen and oxygen atoms in total. The molecule has 1 rings (SSSR count). The summed E-state index contributed by atoms with van der Waals surface area (Å²) in [5.41, 5.74) is 2.08. The monoisotopic (exact) mass is 202 g/mol. The molecule has 0 fully saturated rings. The third-order valence-corrected chi connectivity index (χ3v) is 2.39. The van der Waals surface area contributed by atoms with Crippen LogP contribution in [0.3, 0.4) is 0 Å². The zero-order valence-electron chi connectivity index (χ0n) is 5.91. The predicted molar refractivity (Wildman–Crippen MR) is 43.6 cm³/mol. The second-order valence-corrected chi connectivity index (χ2v) is 3.18. The maximum atomic E-state index is 12.6. The summed E-state index contributed by atoms with van der Waals surface area (Å²) in [6.07, 6.45) is 0. The van der Waals surface area contributed by atoms with Crippen LogP contribution in [0.15, 0.2) is 16.6 Å². The molecule has 0 radical (unpaired) electrons. The van der Waals surface area contributed by atoms with Crippen molar-refractivity contribution in [3.8, 4) is 0 Å². The van der Waals surface area contributed by atoms with E-state index in [4.69, 9.17) is 0 Å². The summed E-state index contributed by atoms with van der Waals surface area (Å²) in [7, 11) is 0. The van der Waals surface area contributed by atoms with E-state index in [-0.39, 0.29) is 5.82 Å². The average Bonchev–Trinajstić information content (AvgIpc) is 1.82. The summed E-state index contributed by atoms with van der Waals surface area (Å²) < 4.78 is 13.4. The maximum absolute atomic E-state index is 12.6. The molecule has 1 aromatic rings. The number of benzene rings is 1. The Balaban J connectivity index is 3.31. The van der Waals surface area contributed by atoms with Crippen molar-refractivity contribution >= 4 is 15.9 Å². The average molecular weight is 203 g/mol. The lowest BCUT2D eigenvalue weighted by Crippen LogP contribution is -1.84. The van der Waals surface area contributed by atoms with Gasteiger partial charge in [0.1, 0.15) is 5.82 Å². The zero-order chi connectivity index (χ0) is 7.72. The molecule has 0 saturated heterocycles. The standard InChI is InChI=1S/C8H8BrF/c1-5-3-7(10)4-8(9)6(5)2/h3-4H,1-2H3. The highest BCUT2D eigenvalue weighted by molar-refractivity contribution is 9.10. The van der Waals surface area contributed by atoms with E-state index >= 15 is 0 Å². The van der Waals surface area contributed by atoms with Gasteiger partial charge in [-0.15, -0.1) is 0 Å². The summed E-state index contributed by atoms with van der Waals surface area (Å²) in [4.78, 5) is 0. The van der Waals surface area contributed by atoms with Crippen LogP contribution in [0.1, 0.15) is 11.1 Å². The van der Waals surface area contributed by atoms with Gasteiger partial charge >= 0.3 is 0 Å². The summed E-state index contributed by atoms with van der Waals surface area (Å²) >= 11 is 3.26. The van der Waals surface area contributed by atoms with E-state index in [0.717, 1.165) is 15.6 Å². The van der Waals surface area contributed by atoms with Gasteiger partial charge in [0.15, 0.2) is 0 Å². The van der Waals surface area contributed by atoms with Gasteiger partial charge in [0.2, 0.25) is 0 Å². The van der Waals surface area contributed by atoms with Crippen LogP contribution in [0, 0.1) is 19.7 Å². The molecule has 1 aromatic carbocycles. The first-order valence-corrected chi connectivity index (χ1v) is 3.83. The van der Waals surface area contributed by atoms with Gasteiger partial charge in [-0.2, -0.15) is 0 Å². The Morgan fingerprint density at radius 1 is 1.30 bits per heavy atom. The number of rotatable bonds is 0.